The number of fused-ring (bicyclic) bond motifs is 1. The smallest absolute Gasteiger partial charge is 0.245 e. The number of aromatic nitrogens is 1. The van der Waals surface area contributed by atoms with Crippen LogP contribution in [0.2, 0.25) is 0 Å². The molecule has 0 aliphatic carbocycles. The summed E-state index contributed by atoms with van der Waals surface area (Å²) in [5.41, 5.74) is 8.56. The fourth-order valence-corrected chi connectivity index (χ4v) is 13.4. The zero-order chi connectivity index (χ0) is 82.6. The first-order chi connectivity index (χ1) is 53.7. The van der Waals surface area contributed by atoms with Gasteiger partial charge in [0.15, 0.2) is 0 Å². The minimum atomic E-state index is -1.80. The average molecular weight is 1580 g/mol. The van der Waals surface area contributed by atoms with E-state index in [0.717, 1.165) is 16.7 Å². The summed E-state index contributed by atoms with van der Waals surface area (Å²) in [5.74, 6) is -15.0. The van der Waals surface area contributed by atoms with Gasteiger partial charge in [0.1, 0.15) is 78.0 Å². The second-order valence-corrected chi connectivity index (χ2v) is 30.1. The molecule has 0 bridgehead atoms. The summed E-state index contributed by atoms with van der Waals surface area (Å²) in [6.07, 6.45) is 0.509. The Morgan fingerprint density at radius 2 is 0.956 bits per heavy atom. The number of aliphatic hydroxyl groups excluding tert-OH is 1. The number of carbonyl (C=O) groups excluding carboxylic acids is 14. The van der Waals surface area contributed by atoms with Gasteiger partial charge in [-0.2, -0.15) is 0 Å². The predicted molar refractivity (Wildman–Crippen MR) is 421 cm³/mol. The molecule has 33 heteroatoms. The zero-order valence-corrected chi connectivity index (χ0v) is 65.2. The molecule has 0 spiro atoms. The number of aliphatic hydroxyl groups is 1. The Balaban J connectivity index is 1.28. The van der Waals surface area contributed by atoms with Gasteiger partial charge in [-0.05, 0) is 95.7 Å². The van der Waals surface area contributed by atoms with Crippen molar-refractivity contribution in [2.24, 2.45) is 23.5 Å². The lowest BCUT2D eigenvalue weighted by atomic mass is 9.98. The number of phenolic OH excluding ortho intramolecular Hbond substituents is 2. The van der Waals surface area contributed by atoms with Crippen LogP contribution in [-0.4, -0.2) is 213 Å². The minimum Gasteiger partial charge on any atom is -0.508 e. The van der Waals surface area contributed by atoms with Crippen molar-refractivity contribution in [3.05, 3.63) is 167 Å². The Morgan fingerprint density at radius 1 is 0.496 bits per heavy atom. The number of H-pyrrole nitrogens is 1. The second-order valence-electron chi connectivity index (χ2n) is 29.1. The first kappa shape index (κ1) is 88.3. The fourth-order valence-electron chi connectivity index (χ4n) is 12.5. The lowest BCUT2D eigenvalue weighted by Crippen LogP contribution is -2.61. The molecule has 2 heterocycles. The Labute approximate surface area is 659 Å². The van der Waals surface area contributed by atoms with Crippen molar-refractivity contribution >= 4 is 105 Å². The number of para-hydroxylation sites is 1. The summed E-state index contributed by atoms with van der Waals surface area (Å²) >= 11 is 0.844. The Bertz CT molecular complexity index is 4300. The molecule has 7 rings (SSSR count). The fraction of sp³-hybridized carbons (Fsp3) is 0.425. The molecule has 18 N–H and O–H groups in total. The molecule has 1 fully saturated rings. The maximum absolute atomic E-state index is 15.5. The summed E-state index contributed by atoms with van der Waals surface area (Å²) in [7, 11) is 1.32. The van der Waals surface area contributed by atoms with E-state index in [2.05, 4.69) is 68.8 Å². The van der Waals surface area contributed by atoms with Gasteiger partial charge in [0.2, 0.25) is 82.7 Å². The average Bonchev–Trinajstić information content (AvgIpc) is 1.30. The number of nitrogens with two attached hydrogens (primary N) is 1. The van der Waals surface area contributed by atoms with E-state index in [1.165, 1.54) is 62.5 Å². The van der Waals surface area contributed by atoms with Gasteiger partial charge in [0.05, 0.1) is 25.4 Å². The largest absolute Gasteiger partial charge is 0.508 e. The van der Waals surface area contributed by atoms with Crippen molar-refractivity contribution in [2.75, 3.05) is 38.2 Å². The van der Waals surface area contributed by atoms with Crippen LogP contribution in [0.4, 0.5) is 0 Å². The molecule has 1 saturated heterocycles. The quantitative estimate of drug-likeness (QED) is 0.0507. The van der Waals surface area contributed by atoms with Crippen molar-refractivity contribution in [3.8, 4) is 11.5 Å². The summed E-state index contributed by atoms with van der Waals surface area (Å²) in [6, 6.07) is 19.1. The number of rotatable bonds is 19. The first-order valence-corrected chi connectivity index (χ1v) is 38.4. The molecule has 32 nitrogen and oxygen atoms in total. The lowest BCUT2D eigenvalue weighted by Gasteiger charge is -2.33. The molecular formula is C80H103N15O17S. The molecule has 6 aromatic rings. The Morgan fingerprint density at radius 3 is 1.51 bits per heavy atom. The third kappa shape index (κ3) is 27.8. The van der Waals surface area contributed by atoms with Gasteiger partial charge >= 0.3 is 0 Å². The van der Waals surface area contributed by atoms with Crippen LogP contribution in [0, 0.1) is 17.8 Å². The van der Waals surface area contributed by atoms with Crippen LogP contribution in [0.15, 0.2) is 140 Å². The van der Waals surface area contributed by atoms with Crippen molar-refractivity contribution in [1.29, 1.82) is 0 Å². The standard InChI is InChI=1S/C80H103N15O17S/c1-44(2)31-57-74(106)93-64(72(104)83-39-66(81)99)42-113-43-68(101)87-59(33-48-17-11-9-12-18-48)73(105)85-47(7)70(102)88-58(32-45(3)4)77(109)94-69(46(5)6)79(111)90-60(34-50-23-27-53(97)28-24-50)75(107)92-63(41-96)71(103)84-40-67(100)86-61(37-52-38-82-56-22-16-15-21-55(52)56)76(108)91-62(35-51-25-29-54(98)30-26-51)80(112)95(8)65(78(110)89-57)36-49-19-13-10-14-20-49/h9-30,38,44-47,57-65,69,82,96-98H,31-37,39-43H2,1-8H3,(H2,81,99)(H,83,104)(H,84,103)(H,85,105)(H,86,100)(H,87,101)(H,88,102)(H,89,110)(H,90,111)(H,91,108)(H,92,107)(H,93,106)(H,94,109)/t47-,57-,58-,59-,60-,61-,62-,63-,64-,65-,69-/m0/s1. The topological polar surface area (TPSA) is 489 Å². The molecule has 0 unspecified atom stereocenters. The van der Waals surface area contributed by atoms with Gasteiger partial charge in [-0.3, -0.25) is 67.1 Å². The number of phenols is 2. The van der Waals surface area contributed by atoms with E-state index in [4.69, 9.17) is 5.73 Å². The minimum absolute atomic E-state index is 0.0135. The van der Waals surface area contributed by atoms with Crippen LogP contribution in [-0.2, 0) is 99.2 Å². The van der Waals surface area contributed by atoms with Crippen LogP contribution < -0.4 is 69.5 Å². The van der Waals surface area contributed by atoms with Gasteiger partial charge in [-0.1, -0.05) is 145 Å². The maximum atomic E-state index is 15.5. The van der Waals surface area contributed by atoms with Crippen molar-refractivity contribution in [1.82, 2.24) is 73.7 Å². The molecule has 606 valence electrons. The number of aromatic hydroxyl groups is 2. The zero-order valence-electron chi connectivity index (χ0n) is 64.3. The summed E-state index contributed by atoms with van der Waals surface area (Å²) in [6.45, 7) is 9.03. The number of amides is 14. The number of carbonyl (C=O) groups is 14. The SMILES string of the molecule is CC(C)C[C@@H]1NC(=O)[C@H](C)NC(=O)[C@H](Cc2ccccc2)NC(=O)CSC[C@@H](C(=O)NCC(N)=O)NC(=O)[C@H](CC(C)C)NC(=O)[C@H](Cc2ccccc2)N(C)C(=O)[C@H](Cc2ccc(O)cc2)NC(=O)[C@H](Cc2c[nH]c3ccccc23)NC(=O)CNC(=O)[C@H](CO)NC(=O)[C@H](Cc2ccc(O)cc2)NC(=O)[C@H](C(C)C)NC1=O. The van der Waals surface area contributed by atoms with Crippen LogP contribution in [0.1, 0.15) is 89.1 Å². The van der Waals surface area contributed by atoms with Crippen LogP contribution in [0.25, 0.3) is 10.9 Å². The molecule has 1 aliphatic heterocycles. The molecule has 0 saturated carbocycles. The van der Waals surface area contributed by atoms with Crippen molar-refractivity contribution < 1.29 is 82.4 Å². The molecule has 5 aromatic carbocycles. The number of aromatic amines is 1. The monoisotopic (exact) mass is 1580 g/mol. The van der Waals surface area contributed by atoms with Gasteiger partial charge in [0.25, 0.3) is 0 Å². The molecule has 14 amide bonds. The Hall–Kier alpha value is -11.9. The highest BCUT2D eigenvalue weighted by Gasteiger charge is 2.39. The van der Waals surface area contributed by atoms with Gasteiger partial charge in [-0.25, -0.2) is 0 Å². The van der Waals surface area contributed by atoms with Crippen LogP contribution in [0.3, 0.4) is 0 Å². The van der Waals surface area contributed by atoms with E-state index in [1.807, 2.05) is 0 Å². The van der Waals surface area contributed by atoms with Gasteiger partial charge in [-0.15, -0.1) is 11.8 Å². The number of benzene rings is 5. The number of primary amides is 1. The van der Waals surface area contributed by atoms with E-state index >= 15 is 14.4 Å². The molecule has 1 aromatic heterocycles. The maximum Gasteiger partial charge on any atom is 0.245 e. The highest BCUT2D eigenvalue weighted by molar-refractivity contribution is 8.00. The van der Waals surface area contributed by atoms with E-state index in [-0.39, 0.29) is 74.0 Å². The van der Waals surface area contributed by atoms with E-state index < -0.39 is 181 Å². The van der Waals surface area contributed by atoms with Crippen LogP contribution >= 0.6 is 11.8 Å². The molecule has 0 radical (unpaired) electrons. The number of likely N-dealkylation sites (N-methyl/N-ethyl adjacent to an activating group) is 1. The number of thioether (sulfide) groups is 1. The highest BCUT2D eigenvalue weighted by Crippen LogP contribution is 2.22. The third-order valence-electron chi connectivity index (χ3n) is 18.6. The van der Waals surface area contributed by atoms with Crippen molar-refractivity contribution in [3.63, 3.8) is 0 Å². The predicted octanol–water partition coefficient (Wildman–Crippen LogP) is -0.00770. The van der Waals surface area contributed by atoms with Gasteiger partial charge < -0.3 is 94.7 Å². The number of nitrogens with zero attached hydrogens (tertiary/aromatic N) is 1. The molecule has 1 aliphatic rings. The first-order valence-electron chi connectivity index (χ1n) is 37.2. The summed E-state index contributed by atoms with van der Waals surface area (Å²) < 4.78 is 0. The molecular weight excluding hydrogens is 1480 g/mol. The van der Waals surface area contributed by atoms with E-state index in [0.29, 0.717) is 38.7 Å². The van der Waals surface area contributed by atoms with Gasteiger partial charge in [0, 0.05) is 62.0 Å². The third-order valence-corrected chi connectivity index (χ3v) is 19.6. The highest BCUT2D eigenvalue weighted by atomic mass is 32.2. The normalized spacial score (nSPS) is 22.8. The summed E-state index contributed by atoms with van der Waals surface area (Å²) in [4.78, 5) is 206. The van der Waals surface area contributed by atoms with E-state index in [1.54, 1.807) is 133 Å². The number of nitrogens with one attached hydrogen (secondary N) is 13. The van der Waals surface area contributed by atoms with Crippen LogP contribution in [0.5, 0.6) is 11.5 Å². The Kier molecular flexibility index (Phi) is 33.7. The van der Waals surface area contributed by atoms with E-state index in [9.17, 15) is 68.1 Å². The molecule has 113 heavy (non-hydrogen) atoms. The van der Waals surface area contributed by atoms with Crippen molar-refractivity contribution in [2.45, 2.75) is 160 Å². The lowest BCUT2D eigenvalue weighted by molar-refractivity contribution is -0.143. The summed E-state index contributed by atoms with van der Waals surface area (Å²) in [5, 5.41) is 63.3. The second kappa shape index (κ2) is 43.1. The number of hydrogen-bond donors (Lipinski definition) is 17. The molecule has 11 atom stereocenters. The number of hydrogen-bond acceptors (Lipinski definition) is 18.